The van der Waals surface area contributed by atoms with E-state index in [9.17, 15) is 28.7 Å². The maximum Gasteiger partial charge on any atom is 1.00 e. The zero-order valence-corrected chi connectivity index (χ0v) is 31.1. The van der Waals surface area contributed by atoms with Crippen LogP contribution in [-0.4, -0.2) is 43.7 Å². The van der Waals surface area contributed by atoms with Gasteiger partial charge < -0.3 is 33.7 Å². The van der Waals surface area contributed by atoms with Gasteiger partial charge >= 0.3 is 71.1 Å². The van der Waals surface area contributed by atoms with E-state index in [1.54, 1.807) is 0 Å². The van der Waals surface area contributed by atoms with E-state index in [-0.39, 0.29) is 84.5 Å². The first kappa shape index (κ1) is 45.9. The van der Waals surface area contributed by atoms with Crippen LogP contribution < -0.4 is 74.2 Å². The van der Waals surface area contributed by atoms with Gasteiger partial charge in [0.1, 0.15) is 6.61 Å². The summed E-state index contributed by atoms with van der Waals surface area (Å²) in [5.74, 6) is -1.09. The number of rotatable bonds is 27. The first-order chi connectivity index (χ1) is 18.6. The predicted octanol–water partition coefficient (Wildman–Crippen LogP) is -1.14. The van der Waals surface area contributed by atoms with E-state index < -0.39 is 32.5 Å². The molecule has 10 nitrogen and oxygen atoms in total. The summed E-state index contributed by atoms with van der Waals surface area (Å²) in [5.41, 5.74) is 0. The summed E-state index contributed by atoms with van der Waals surface area (Å²) in [7, 11) is -5.25. The van der Waals surface area contributed by atoms with Crippen molar-refractivity contribution in [3.8, 4) is 0 Å². The van der Waals surface area contributed by atoms with E-state index in [0.29, 0.717) is 19.4 Å². The third kappa shape index (κ3) is 36.6. The summed E-state index contributed by atoms with van der Waals surface area (Å²) in [5, 5.41) is 2.73. The van der Waals surface area contributed by atoms with Crippen molar-refractivity contribution in [2.75, 3.05) is 19.8 Å². The Bertz CT molecular complexity index is 695. The van der Waals surface area contributed by atoms with Crippen LogP contribution >= 0.6 is 7.82 Å². The first-order valence-corrected chi connectivity index (χ1v) is 16.4. The van der Waals surface area contributed by atoms with Gasteiger partial charge in [-0.1, -0.05) is 96.8 Å². The predicted molar refractivity (Wildman–Crippen MR) is 146 cm³/mol. The number of ether oxygens (including phenoxy) is 2. The van der Waals surface area contributed by atoms with Crippen LogP contribution in [0.1, 0.15) is 136 Å². The van der Waals surface area contributed by atoms with Crippen LogP contribution in [0.5, 0.6) is 0 Å². The Balaban J connectivity index is -0.00000722. The molecule has 0 rings (SSSR count). The van der Waals surface area contributed by atoms with Gasteiger partial charge in [-0.2, -0.15) is 0 Å². The zero-order valence-electron chi connectivity index (χ0n) is 26.3. The fourth-order valence-electron chi connectivity index (χ4n) is 4.09. The number of carbonyl (C=O) groups is 3. The maximum atomic E-state index is 12.2. The molecule has 0 aliphatic carbocycles. The Labute approximate surface area is 292 Å². The van der Waals surface area contributed by atoms with Gasteiger partial charge in [0.25, 0.3) is 0 Å². The van der Waals surface area contributed by atoms with Crippen molar-refractivity contribution in [3.63, 3.8) is 0 Å². The van der Waals surface area contributed by atoms with Gasteiger partial charge in [0.15, 0.2) is 6.10 Å². The maximum absolute atomic E-state index is 12.2. The van der Waals surface area contributed by atoms with Gasteiger partial charge in [-0.05, 0) is 19.3 Å². The van der Waals surface area contributed by atoms with Crippen LogP contribution in [0.2, 0.25) is 0 Å². The molecule has 41 heavy (non-hydrogen) atoms. The molecule has 0 aromatic carbocycles. The number of amides is 1. The summed E-state index contributed by atoms with van der Waals surface area (Å²) < 4.78 is 25.4. The second-order valence-electron chi connectivity index (χ2n) is 10.2. The molecule has 0 radical (unpaired) electrons. The molecule has 0 bridgehead atoms. The SMILES string of the molecule is CCCCCCCCCCCCCCC(=O)O[C@@H](COC(=O)CCCCCCCNC(C)=O)COP(=O)([O-])[O-].[Na+].[Na+]. The Hall–Kier alpha value is 0.520. The fraction of sp³-hybridized carbons (Fsp3) is 0.893. The quantitative estimate of drug-likeness (QED) is 0.0518. The topological polar surface area (TPSA) is 154 Å². The number of hydrogen-bond donors (Lipinski definition) is 1. The molecule has 0 unspecified atom stereocenters. The molecule has 13 heteroatoms. The molecule has 1 atom stereocenters. The van der Waals surface area contributed by atoms with E-state index >= 15 is 0 Å². The molecule has 0 saturated heterocycles. The average Bonchev–Trinajstić information content (AvgIpc) is 2.87. The van der Waals surface area contributed by atoms with E-state index in [2.05, 4.69) is 16.8 Å². The van der Waals surface area contributed by atoms with Crippen molar-refractivity contribution in [3.05, 3.63) is 0 Å². The third-order valence-electron chi connectivity index (χ3n) is 6.31. The van der Waals surface area contributed by atoms with Crippen LogP contribution in [-0.2, 0) is 32.9 Å². The van der Waals surface area contributed by atoms with Gasteiger partial charge in [0, 0.05) is 26.3 Å². The van der Waals surface area contributed by atoms with E-state index in [1.165, 1.54) is 58.3 Å². The molecule has 0 aromatic rings. The van der Waals surface area contributed by atoms with E-state index in [4.69, 9.17) is 9.47 Å². The molecule has 0 aliphatic heterocycles. The minimum atomic E-state index is -5.25. The molecule has 1 amide bonds. The second kappa shape index (κ2) is 31.9. The van der Waals surface area contributed by atoms with Gasteiger partial charge in [0.2, 0.25) is 5.91 Å². The number of nitrogens with one attached hydrogen (secondary N) is 1. The number of hydrogen-bond acceptors (Lipinski definition) is 9. The Morgan fingerprint density at radius 1 is 0.683 bits per heavy atom. The van der Waals surface area contributed by atoms with Gasteiger partial charge in [0.05, 0.1) is 14.4 Å². The molecule has 0 saturated carbocycles. The number of phosphoric acid groups is 1. The van der Waals surface area contributed by atoms with Crippen molar-refractivity contribution >= 4 is 25.7 Å². The zero-order chi connectivity index (χ0) is 29.2. The smallest absolute Gasteiger partial charge is 0.790 e. The summed E-state index contributed by atoms with van der Waals surface area (Å²) >= 11 is 0. The van der Waals surface area contributed by atoms with Crippen LogP contribution in [0.15, 0.2) is 0 Å². The van der Waals surface area contributed by atoms with Crippen LogP contribution in [0.4, 0.5) is 0 Å². The summed E-state index contributed by atoms with van der Waals surface area (Å²) in [6, 6.07) is 0. The monoisotopic (exact) mass is 623 g/mol. The van der Waals surface area contributed by atoms with Gasteiger partial charge in [-0.3, -0.25) is 14.4 Å². The molecule has 1 N–H and O–H groups in total. The van der Waals surface area contributed by atoms with E-state index in [1.807, 2.05) is 0 Å². The van der Waals surface area contributed by atoms with Crippen LogP contribution in [0.3, 0.4) is 0 Å². The molecule has 0 aliphatic rings. The van der Waals surface area contributed by atoms with Crippen molar-refractivity contribution in [1.82, 2.24) is 5.32 Å². The summed E-state index contributed by atoms with van der Waals surface area (Å²) in [4.78, 5) is 56.7. The van der Waals surface area contributed by atoms with Crippen molar-refractivity contribution in [1.29, 1.82) is 0 Å². The first-order valence-electron chi connectivity index (χ1n) is 14.9. The average molecular weight is 624 g/mol. The summed E-state index contributed by atoms with van der Waals surface area (Å²) in [6.45, 7) is 3.27. The molecule has 0 fully saturated rings. The Morgan fingerprint density at radius 2 is 1.12 bits per heavy atom. The van der Waals surface area contributed by atoms with Crippen LogP contribution in [0, 0.1) is 0 Å². The number of unbranched alkanes of at least 4 members (excludes halogenated alkanes) is 15. The van der Waals surface area contributed by atoms with E-state index in [0.717, 1.165) is 44.9 Å². The normalized spacial score (nSPS) is 11.6. The van der Waals surface area contributed by atoms with Crippen molar-refractivity contribution < 1.29 is 102 Å². The number of esters is 2. The summed E-state index contributed by atoms with van der Waals surface area (Å²) in [6.07, 6.45) is 17.4. The molecule has 0 aromatic heterocycles. The standard InChI is InChI=1S/C28H54NO9P.2Na/c1-3-4-5-6-7-8-9-10-11-12-14-18-21-28(32)38-26(24-37-39(33,34)35)23-36-27(31)20-17-15-13-16-19-22-29-25(2)30;;/h26H,3-24H2,1-2H3,(H,29,30)(H2,33,34,35);;/q;2*+1/p-2/t26-;;/m0../s1. The molecular formula is C28H52NNa2O9P. The number of phosphoric ester groups is 1. The Morgan fingerprint density at radius 3 is 1.59 bits per heavy atom. The largest absolute Gasteiger partial charge is 1.00 e. The van der Waals surface area contributed by atoms with Gasteiger partial charge in [-0.15, -0.1) is 0 Å². The molecular weight excluding hydrogens is 571 g/mol. The molecule has 0 heterocycles. The van der Waals surface area contributed by atoms with Crippen molar-refractivity contribution in [2.24, 2.45) is 0 Å². The third-order valence-corrected chi connectivity index (χ3v) is 6.78. The minimum absolute atomic E-state index is 0. The molecule has 230 valence electrons. The minimum Gasteiger partial charge on any atom is -0.790 e. The van der Waals surface area contributed by atoms with Gasteiger partial charge in [-0.25, -0.2) is 0 Å². The second-order valence-corrected chi connectivity index (χ2v) is 11.3. The fourth-order valence-corrected chi connectivity index (χ4v) is 4.44. The Kier molecular flexibility index (Phi) is 35.8. The number of carbonyl (C=O) groups excluding carboxylic acids is 3. The van der Waals surface area contributed by atoms with Crippen molar-refractivity contribution in [2.45, 2.75) is 142 Å². The van der Waals surface area contributed by atoms with Crippen LogP contribution in [0.25, 0.3) is 0 Å². The molecule has 0 spiro atoms.